The van der Waals surface area contributed by atoms with Gasteiger partial charge in [-0.2, -0.15) is 5.10 Å². The second-order valence-electron chi connectivity index (χ2n) is 4.24. The van der Waals surface area contributed by atoms with Crippen LogP contribution in [0.3, 0.4) is 0 Å². The highest BCUT2D eigenvalue weighted by Crippen LogP contribution is 2.27. The lowest BCUT2D eigenvalue weighted by atomic mass is 9.97. The van der Waals surface area contributed by atoms with Crippen molar-refractivity contribution in [2.24, 2.45) is 5.10 Å². The van der Waals surface area contributed by atoms with Crippen molar-refractivity contribution in [3.05, 3.63) is 60.2 Å². The maximum atomic E-state index is 10.3. The molecule has 0 bridgehead atoms. The lowest BCUT2D eigenvalue weighted by molar-refractivity contribution is -0.109. The van der Waals surface area contributed by atoms with Crippen LogP contribution in [0.2, 0.25) is 0 Å². The van der Waals surface area contributed by atoms with Gasteiger partial charge in [0.15, 0.2) is 0 Å². The summed E-state index contributed by atoms with van der Waals surface area (Å²) in [6, 6.07) is 18.5. The smallest absolute Gasteiger partial charge is 0.227 e. The highest BCUT2D eigenvalue weighted by atomic mass is 16.1. The van der Waals surface area contributed by atoms with Crippen molar-refractivity contribution in [2.75, 3.05) is 0 Å². The minimum absolute atomic E-state index is 0.559. The number of carbonyl (C=O) groups excluding carboxylic acids is 1. The summed E-state index contributed by atoms with van der Waals surface area (Å²) in [5.74, 6) is 0. The zero-order valence-electron chi connectivity index (χ0n) is 10.2. The van der Waals surface area contributed by atoms with E-state index in [1.807, 2.05) is 24.3 Å². The Kier molecular flexibility index (Phi) is 2.94. The number of hydrazone groups is 1. The first-order chi connectivity index (χ1) is 9.40. The van der Waals surface area contributed by atoms with Crippen molar-refractivity contribution in [1.29, 1.82) is 0 Å². The maximum absolute atomic E-state index is 10.3. The number of amides is 1. The van der Waals surface area contributed by atoms with E-state index in [1.165, 1.54) is 0 Å². The molecule has 1 amide bonds. The summed E-state index contributed by atoms with van der Waals surface area (Å²) < 4.78 is 0. The van der Waals surface area contributed by atoms with Crippen LogP contribution >= 0.6 is 0 Å². The summed E-state index contributed by atoms with van der Waals surface area (Å²) in [7, 11) is 0. The lowest BCUT2D eigenvalue weighted by Crippen LogP contribution is -2.01. The van der Waals surface area contributed by atoms with Crippen LogP contribution < -0.4 is 5.43 Å². The third kappa shape index (κ3) is 2.06. The number of fused-ring (bicyclic) bond motifs is 2. The molecule has 3 rings (SSSR count). The van der Waals surface area contributed by atoms with Crippen LogP contribution in [0.5, 0.6) is 0 Å². The fourth-order valence-electron chi connectivity index (χ4n) is 2.32. The first-order valence-electron chi connectivity index (χ1n) is 6.03. The van der Waals surface area contributed by atoms with Gasteiger partial charge in [0.2, 0.25) is 6.41 Å². The Labute approximate surface area is 110 Å². The van der Waals surface area contributed by atoms with Gasteiger partial charge in [0.05, 0.1) is 6.21 Å². The fraction of sp³-hybridized carbons (Fsp3) is 0. The van der Waals surface area contributed by atoms with E-state index in [0.717, 1.165) is 27.1 Å². The summed E-state index contributed by atoms with van der Waals surface area (Å²) in [5.41, 5.74) is 3.33. The van der Waals surface area contributed by atoms with Gasteiger partial charge in [-0.15, -0.1) is 0 Å². The van der Waals surface area contributed by atoms with Crippen LogP contribution in [0, 0.1) is 0 Å². The van der Waals surface area contributed by atoms with Crippen molar-refractivity contribution in [1.82, 2.24) is 5.43 Å². The van der Waals surface area contributed by atoms with Crippen molar-refractivity contribution >= 4 is 34.2 Å². The van der Waals surface area contributed by atoms with Gasteiger partial charge in [-0.05, 0) is 27.6 Å². The third-order valence-corrected chi connectivity index (χ3v) is 3.13. The number of nitrogens with zero attached hydrogens (tertiary/aromatic N) is 1. The lowest BCUT2D eigenvalue weighted by Gasteiger charge is -2.07. The van der Waals surface area contributed by atoms with Crippen molar-refractivity contribution in [3.63, 3.8) is 0 Å². The standard InChI is InChI=1S/C16H12N2O/c19-11-18-17-10-16-14-7-3-1-5-12(14)9-13-6-2-4-8-15(13)16/h1-11H,(H,18,19)/b17-10-. The van der Waals surface area contributed by atoms with E-state index in [-0.39, 0.29) is 0 Å². The number of hydrogen-bond acceptors (Lipinski definition) is 2. The van der Waals surface area contributed by atoms with Gasteiger partial charge in [-0.3, -0.25) is 4.79 Å². The van der Waals surface area contributed by atoms with E-state index in [2.05, 4.69) is 40.9 Å². The summed E-state index contributed by atoms with van der Waals surface area (Å²) in [4.78, 5) is 10.3. The van der Waals surface area contributed by atoms with Gasteiger partial charge in [0, 0.05) is 5.56 Å². The largest absolute Gasteiger partial charge is 0.277 e. The van der Waals surface area contributed by atoms with Gasteiger partial charge in [0.25, 0.3) is 0 Å². The first-order valence-corrected chi connectivity index (χ1v) is 6.03. The van der Waals surface area contributed by atoms with Gasteiger partial charge < -0.3 is 0 Å². The van der Waals surface area contributed by atoms with Gasteiger partial charge >= 0.3 is 0 Å². The normalized spacial score (nSPS) is 11.2. The number of benzene rings is 3. The van der Waals surface area contributed by atoms with Gasteiger partial charge in [-0.1, -0.05) is 48.5 Å². The molecule has 0 radical (unpaired) electrons. The molecule has 19 heavy (non-hydrogen) atoms. The van der Waals surface area contributed by atoms with E-state index in [9.17, 15) is 4.79 Å². The molecular formula is C16H12N2O. The number of nitrogens with one attached hydrogen (secondary N) is 1. The molecule has 0 saturated carbocycles. The zero-order valence-corrected chi connectivity index (χ0v) is 10.2. The molecule has 3 aromatic carbocycles. The molecule has 0 saturated heterocycles. The first kappa shape index (κ1) is 11.4. The molecule has 0 aromatic heterocycles. The zero-order chi connectivity index (χ0) is 13.1. The Hall–Kier alpha value is -2.68. The molecule has 0 aliphatic carbocycles. The van der Waals surface area contributed by atoms with Gasteiger partial charge in [-0.25, -0.2) is 5.43 Å². The molecule has 1 N–H and O–H groups in total. The Bertz CT molecular complexity index is 724. The second kappa shape index (κ2) is 4.90. The van der Waals surface area contributed by atoms with Crippen molar-refractivity contribution in [3.8, 4) is 0 Å². The predicted octanol–water partition coefficient (Wildman–Crippen LogP) is 3.07. The molecule has 0 aliphatic rings. The average Bonchev–Trinajstić information content (AvgIpc) is 2.46. The van der Waals surface area contributed by atoms with Gasteiger partial charge in [0.1, 0.15) is 0 Å². The summed E-state index contributed by atoms with van der Waals surface area (Å²) in [6.07, 6.45) is 2.25. The van der Waals surface area contributed by atoms with Crippen LogP contribution in [0.25, 0.3) is 21.5 Å². The Balaban J connectivity index is 2.36. The van der Waals surface area contributed by atoms with E-state index in [4.69, 9.17) is 0 Å². The monoisotopic (exact) mass is 248 g/mol. The van der Waals surface area contributed by atoms with E-state index < -0.39 is 0 Å². The van der Waals surface area contributed by atoms with Crippen LogP contribution in [0.15, 0.2) is 59.7 Å². The molecule has 3 heteroatoms. The Morgan fingerprint density at radius 3 is 2.05 bits per heavy atom. The topological polar surface area (TPSA) is 41.5 Å². The number of rotatable bonds is 3. The van der Waals surface area contributed by atoms with Crippen molar-refractivity contribution < 1.29 is 4.79 Å². The summed E-state index contributed by atoms with van der Waals surface area (Å²) >= 11 is 0. The van der Waals surface area contributed by atoms with E-state index in [1.54, 1.807) is 6.21 Å². The average molecular weight is 248 g/mol. The molecule has 3 aromatic rings. The molecular weight excluding hydrogens is 236 g/mol. The SMILES string of the molecule is O=CN/N=C\c1c2ccccc2cc2ccccc12. The molecule has 0 atom stereocenters. The number of carbonyl (C=O) groups is 1. The highest BCUT2D eigenvalue weighted by Gasteiger charge is 2.04. The maximum Gasteiger partial charge on any atom is 0.227 e. The second-order valence-corrected chi connectivity index (χ2v) is 4.24. The van der Waals surface area contributed by atoms with Crippen molar-refractivity contribution in [2.45, 2.75) is 0 Å². The van der Waals surface area contributed by atoms with Crippen LogP contribution in [-0.4, -0.2) is 12.6 Å². The molecule has 0 spiro atoms. The van der Waals surface area contributed by atoms with Crippen LogP contribution in [0.4, 0.5) is 0 Å². The molecule has 0 unspecified atom stereocenters. The molecule has 3 nitrogen and oxygen atoms in total. The molecule has 0 heterocycles. The Morgan fingerprint density at radius 1 is 0.895 bits per heavy atom. The molecule has 92 valence electrons. The van der Waals surface area contributed by atoms with Crippen LogP contribution in [-0.2, 0) is 4.79 Å². The van der Waals surface area contributed by atoms with E-state index in [0.29, 0.717) is 6.41 Å². The molecule has 0 aliphatic heterocycles. The minimum Gasteiger partial charge on any atom is -0.277 e. The summed E-state index contributed by atoms with van der Waals surface area (Å²) in [6.45, 7) is 0. The number of hydrogen-bond donors (Lipinski definition) is 1. The third-order valence-electron chi connectivity index (χ3n) is 3.13. The highest BCUT2D eigenvalue weighted by molar-refractivity contribution is 6.13. The minimum atomic E-state index is 0.559. The predicted molar refractivity (Wildman–Crippen MR) is 78.2 cm³/mol. The molecule has 0 fully saturated rings. The Morgan fingerprint density at radius 2 is 1.47 bits per heavy atom. The van der Waals surface area contributed by atoms with Crippen LogP contribution in [0.1, 0.15) is 5.56 Å². The fourth-order valence-corrected chi connectivity index (χ4v) is 2.32. The quantitative estimate of drug-likeness (QED) is 0.329. The summed E-state index contributed by atoms with van der Waals surface area (Å²) in [5, 5.41) is 8.48. The van der Waals surface area contributed by atoms with E-state index >= 15 is 0 Å².